The van der Waals surface area contributed by atoms with Gasteiger partial charge < -0.3 is 4.90 Å². The molecule has 3 rings (SSSR count). The van der Waals surface area contributed by atoms with Crippen LogP contribution >= 0.6 is 0 Å². The first kappa shape index (κ1) is 13.7. The molecule has 2 nitrogen and oxygen atoms in total. The predicted molar refractivity (Wildman–Crippen MR) is 81.6 cm³/mol. The van der Waals surface area contributed by atoms with Gasteiger partial charge in [-0.05, 0) is 30.7 Å². The van der Waals surface area contributed by atoms with Crippen molar-refractivity contribution in [2.24, 2.45) is 5.92 Å². The summed E-state index contributed by atoms with van der Waals surface area (Å²) in [5.74, 6) is 1.61. The molecule has 0 unspecified atom stereocenters. The predicted octanol–water partition coefficient (Wildman–Crippen LogP) is 3.97. The summed E-state index contributed by atoms with van der Waals surface area (Å²) in [6.45, 7) is 1.88. The van der Waals surface area contributed by atoms with Gasteiger partial charge in [-0.15, -0.1) is 0 Å². The van der Waals surface area contributed by atoms with E-state index in [-0.39, 0.29) is 0 Å². The summed E-state index contributed by atoms with van der Waals surface area (Å²) in [5, 5.41) is 0. The van der Waals surface area contributed by atoms with Gasteiger partial charge in [0.1, 0.15) is 0 Å². The Morgan fingerprint density at radius 1 is 1.05 bits per heavy atom. The van der Waals surface area contributed by atoms with Crippen LogP contribution in [0.1, 0.15) is 56.4 Å². The number of carbonyl (C=O) groups is 1. The molecule has 1 atom stereocenters. The summed E-state index contributed by atoms with van der Waals surface area (Å²) in [7, 11) is 0. The second-order valence-electron chi connectivity index (χ2n) is 6.44. The maximum atomic E-state index is 12.4. The largest absolute Gasteiger partial charge is 0.342 e. The number of hydrogen-bond acceptors (Lipinski definition) is 1. The molecule has 0 N–H and O–H groups in total. The molecule has 108 valence electrons. The van der Waals surface area contributed by atoms with Crippen LogP contribution in [-0.2, 0) is 4.79 Å². The van der Waals surface area contributed by atoms with Crippen molar-refractivity contribution in [1.29, 1.82) is 0 Å². The van der Waals surface area contributed by atoms with Gasteiger partial charge in [-0.3, -0.25) is 4.79 Å². The summed E-state index contributed by atoms with van der Waals surface area (Å²) < 4.78 is 0. The Morgan fingerprint density at radius 3 is 2.55 bits per heavy atom. The molecule has 1 aliphatic heterocycles. The highest BCUT2D eigenvalue weighted by Gasteiger charge is 2.28. The van der Waals surface area contributed by atoms with Gasteiger partial charge in [0.25, 0.3) is 0 Å². The van der Waals surface area contributed by atoms with E-state index in [1.807, 2.05) is 0 Å². The first-order chi connectivity index (χ1) is 9.83. The van der Waals surface area contributed by atoms with E-state index >= 15 is 0 Å². The highest BCUT2D eigenvalue weighted by molar-refractivity contribution is 5.76. The van der Waals surface area contributed by atoms with Gasteiger partial charge in [-0.1, -0.05) is 49.6 Å². The van der Waals surface area contributed by atoms with E-state index in [0.29, 0.717) is 17.7 Å². The van der Waals surface area contributed by atoms with Crippen LogP contribution in [0.2, 0.25) is 0 Å². The van der Waals surface area contributed by atoms with E-state index in [9.17, 15) is 4.79 Å². The number of likely N-dealkylation sites (tertiary alicyclic amines) is 1. The topological polar surface area (TPSA) is 20.3 Å². The van der Waals surface area contributed by atoms with Crippen molar-refractivity contribution in [3.63, 3.8) is 0 Å². The molecule has 1 amide bonds. The molecule has 0 aromatic heterocycles. The van der Waals surface area contributed by atoms with Crippen molar-refractivity contribution in [3.05, 3.63) is 35.9 Å². The van der Waals surface area contributed by atoms with Crippen molar-refractivity contribution in [1.82, 2.24) is 4.90 Å². The van der Waals surface area contributed by atoms with Crippen LogP contribution in [0.5, 0.6) is 0 Å². The van der Waals surface area contributed by atoms with Crippen LogP contribution in [0.15, 0.2) is 30.3 Å². The van der Waals surface area contributed by atoms with E-state index in [0.717, 1.165) is 25.9 Å². The van der Waals surface area contributed by atoms with Crippen LogP contribution in [0.25, 0.3) is 0 Å². The molecule has 1 aromatic carbocycles. The Bertz CT molecular complexity index is 436. The number of carbonyl (C=O) groups excluding carboxylic acids is 1. The number of rotatable bonds is 3. The molecule has 1 aromatic rings. The number of benzene rings is 1. The summed E-state index contributed by atoms with van der Waals surface area (Å²) in [4.78, 5) is 14.5. The summed E-state index contributed by atoms with van der Waals surface area (Å²) in [5.41, 5.74) is 1.39. The average Bonchev–Trinajstić information content (AvgIpc) is 2.99. The number of nitrogens with zero attached hydrogens (tertiary/aromatic N) is 1. The zero-order valence-electron chi connectivity index (χ0n) is 12.3. The standard InChI is InChI=1S/C18H25NO/c20-18(13-15-7-3-1-4-8-15)19-12-11-17(14-19)16-9-5-2-6-10-16/h2,5-6,9-10,15,17H,1,3-4,7-8,11-14H2/t17-/m0/s1. The molecule has 2 aliphatic rings. The first-order valence-electron chi connectivity index (χ1n) is 8.15. The quantitative estimate of drug-likeness (QED) is 0.814. The monoisotopic (exact) mass is 271 g/mol. The molecule has 1 saturated heterocycles. The summed E-state index contributed by atoms with van der Waals surface area (Å²) in [6.07, 6.45) is 8.46. The first-order valence-corrected chi connectivity index (χ1v) is 8.15. The second kappa shape index (κ2) is 6.43. The molecule has 0 bridgehead atoms. The van der Waals surface area contributed by atoms with Gasteiger partial charge in [0.05, 0.1) is 0 Å². The highest BCUT2D eigenvalue weighted by atomic mass is 16.2. The molecule has 2 heteroatoms. The van der Waals surface area contributed by atoms with Crippen molar-refractivity contribution in [2.75, 3.05) is 13.1 Å². The van der Waals surface area contributed by atoms with E-state index in [4.69, 9.17) is 0 Å². The molecule has 0 spiro atoms. The van der Waals surface area contributed by atoms with Gasteiger partial charge in [0.2, 0.25) is 5.91 Å². The van der Waals surface area contributed by atoms with Crippen LogP contribution in [0.3, 0.4) is 0 Å². The third kappa shape index (κ3) is 3.23. The van der Waals surface area contributed by atoms with Crippen molar-refractivity contribution < 1.29 is 4.79 Å². The molecular formula is C18H25NO. The molecule has 1 heterocycles. The highest BCUT2D eigenvalue weighted by Crippen LogP contribution is 2.30. The van der Waals surface area contributed by atoms with Crippen LogP contribution in [0, 0.1) is 5.92 Å². The third-order valence-corrected chi connectivity index (χ3v) is 5.00. The lowest BCUT2D eigenvalue weighted by Gasteiger charge is -2.24. The lowest BCUT2D eigenvalue weighted by atomic mass is 9.87. The van der Waals surface area contributed by atoms with Gasteiger partial charge in [-0.2, -0.15) is 0 Å². The summed E-state index contributed by atoms with van der Waals surface area (Å²) in [6, 6.07) is 10.6. The van der Waals surface area contributed by atoms with Crippen molar-refractivity contribution in [2.45, 2.75) is 50.9 Å². The molecule has 20 heavy (non-hydrogen) atoms. The lowest BCUT2D eigenvalue weighted by molar-refractivity contribution is -0.131. The van der Waals surface area contributed by atoms with Gasteiger partial charge in [-0.25, -0.2) is 0 Å². The average molecular weight is 271 g/mol. The van der Waals surface area contributed by atoms with Gasteiger partial charge in [0, 0.05) is 25.4 Å². The number of hydrogen-bond donors (Lipinski definition) is 0. The Kier molecular flexibility index (Phi) is 4.39. The van der Waals surface area contributed by atoms with Crippen molar-refractivity contribution in [3.8, 4) is 0 Å². The zero-order valence-corrected chi connectivity index (χ0v) is 12.3. The molecule has 1 saturated carbocycles. The van der Waals surface area contributed by atoms with E-state index < -0.39 is 0 Å². The fourth-order valence-corrected chi connectivity index (χ4v) is 3.75. The maximum Gasteiger partial charge on any atom is 0.222 e. The molecular weight excluding hydrogens is 246 g/mol. The Morgan fingerprint density at radius 2 is 1.80 bits per heavy atom. The Hall–Kier alpha value is -1.31. The molecule has 0 radical (unpaired) electrons. The molecule has 1 aliphatic carbocycles. The van der Waals surface area contributed by atoms with Crippen LogP contribution in [-0.4, -0.2) is 23.9 Å². The second-order valence-corrected chi connectivity index (χ2v) is 6.44. The summed E-state index contributed by atoms with van der Waals surface area (Å²) >= 11 is 0. The third-order valence-electron chi connectivity index (χ3n) is 5.00. The van der Waals surface area contributed by atoms with Crippen LogP contribution in [0.4, 0.5) is 0 Å². The zero-order chi connectivity index (χ0) is 13.8. The normalized spacial score (nSPS) is 24.0. The van der Waals surface area contributed by atoms with Crippen molar-refractivity contribution >= 4 is 5.91 Å². The number of amides is 1. The van der Waals surface area contributed by atoms with E-state index in [1.165, 1.54) is 37.7 Å². The minimum atomic E-state index is 0.398. The fraction of sp³-hybridized carbons (Fsp3) is 0.611. The Labute approximate surface area is 122 Å². The minimum Gasteiger partial charge on any atom is -0.342 e. The molecule has 2 fully saturated rings. The maximum absolute atomic E-state index is 12.4. The lowest BCUT2D eigenvalue weighted by Crippen LogP contribution is -2.30. The van der Waals surface area contributed by atoms with Crippen LogP contribution < -0.4 is 0 Å². The van der Waals surface area contributed by atoms with E-state index in [1.54, 1.807) is 0 Å². The minimum absolute atomic E-state index is 0.398. The van der Waals surface area contributed by atoms with E-state index in [2.05, 4.69) is 35.2 Å². The Balaban J connectivity index is 1.53. The SMILES string of the molecule is O=C(CC1CCCCC1)N1CC[C@H](c2ccccc2)C1. The smallest absolute Gasteiger partial charge is 0.222 e. The van der Waals surface area contributed by atoms with Gasteiger partial charge >= 0.3 is 0 Å². The van der Waals surface area contributed by atoms with Gasteiger partial charge in [0.15, 0.2) is 0 Å². The fourth-order valence-electron chi connectivity index (χ4n) is 3.75.